The third kappa shape index (κ3) is 2.51. The summed E-state index contributed by atoms with van der Waals surface area (Å²) in [5.41, 5.74) is 2.44. The number of benzene rings is 4. The van der Waals surface area contributed by atoms with Crippen molar-refractivity contribution in [2.24, 2.45) is 0 Å². The molecule has 1 aliphatic rings. The van der Waals surface area contributed by atoms with Crippen molar-refractivity contribution in [3.63, 3.8) is 0 Å². The van der Waals surface area contributed by atoms with E-state index in [1.165, 1.54) is 32.3 Å². The van der Waals surface area contributed by atoms with Crippen LogP contribution in [-0.2, 0) is 10.8 Å². The molecule has 2 heterocycles. The molecule has 0 saturated carbocycles. The van der Waals surface area contributed by atoms with Gasteiger partial charge in [0.1, 0.15) is 16.5 Å². The van der Waals surface area contributed by atoms with Crippen molar-refractivity contribution in [2.75, 3.05) is 0 Å². The molecule has 0 amide bonds. The first kappa shape index (κ1) is 17.0. The Balaban J connectivity index is 1.65. The highest BCUT2D eigenvalue weighted by Gasteiger charge is 2.23. The minimum absolute atomic E-state index is 0.512. The van der Waals surface area contributed by atoms with E-state index in [0.29, 0.717) is 14.5 Å². The lowest BCUT2D eigenvalue weighted by molar-refractivity contribution is 0.685. The van der Waals surface area contributed by atoms with Gasteiger partial charge in [0.2, 0.25) is 0 Å². The Kier molecular flexibility index (Phi) is 3.70. The SMILES string of the molecule is O=S1C(Br)=Cc2nc(-c3ccc4c5ccccc5c5ccccc5c4c3)cnc21. The highest BCUT2D eigenvalue weighted by atomic mass is 79.9. The predicted octanol–water partition coefficient (Wildman–Crippen LogP) is 6.42. The van der Waals surface area contributed by atoms with Crippen molar-refractivity contribution in [3.8, 4) is 11.3 Å². The van der Waals surface area contributed by atoms with Crippen LogP contribution in [0.5, 0.6) is 0 Å². The summed E-state index contributed by atoms with van der Waals surface area (Å²) in [6.45, 7) is 0. The fourth-order valence-corrected chi connectivity index (χ4v) is 5.61. The Morgan fingerprint density at radius 3 is 2.00 bits per heavy atom. The Bertz CT molecular complexity index is 1510. The molecular weight excluding hydrogens is 444 g/mol. The number of nitrogens with zero attached hydrogens (tertiary/aromatic N) is 2. The second kappa shape index (κ2) is 6.31. The maximum Gasteiger partial charge on any atom is 0.158 e. The first-order valence-electron chi connectivity index (χ1n) is 9.20. The van der Waals surface area contributed by atoms with E-state index in [0.717, 1.165) is 11.3 Å². The van der Waals surface area contributed by atoms with E-state index in [-0.39, 0.29) is 0 Å². The molecular formula is C24H13BrN2OS. The number of aromatic nitrogens is 2. The predicted molar refractivity (Wildman–Crippen MR) is 123 cm³/mol. The summed E-state index contributed by atoms with van der Waals surface area (Å²) in [6, 6.07) is 23.5. The van der Waals surface area contributed by atoms with Gasteiger partial charge in [0.25, 0.3) is 0 Å². The smallest absolute Gasteiger partial charge is 0.158 e. The molecule has 0 aliphatic carbocycles. The van der Waals surface area contributed by atoms with Crippen LogP contribution in [0.15, 0.2) is 81.8 Å². The van der Waals surface area contributed by atoms with Crippen molar-refractivity contribution >= 4 is 65.1 Å². The van der Waals surface area contributed by atoms with Gasteiger partial charge in [-0.15, -0.1) is 0 Å². The molecule has 138 valence electrons. The Morgan fingerprint density at radius 2 is 1.34 bits per heavy atom. The minimum Gasteiger partial charge on any atom is -0.247 e. The van der Waals surface area contributed by atoms with E-state index in [1.807, 2.05) is 0 Å². The normalized spacial score (nSPS) is 15.8. The fourth-order valence-electron chi connectivity index (χ4n) is 4.09. The van der Waals surface area contributed by atoms with Gasteiger partial charge in [-0.3, -0.25) is 0 Å². The number of rotatable bonds is 1. The summed E-state index contributed by atoms with van der Waals surface area (Å²) in [5.74, 6) is 0. The van der Waals surface area contributed by atoms with Crippen LogP contribution in [0.3, 0.4) is 0 Å². The molecule has 6 rings (SSSR count). The average molecular weight is 457 g/mol. The molecule has 0 spiro atoms. The zero-order valence-electron chi connectivity index (χ0n) is 15.1. The number of fused-ring (bicyclic) bond motifs is 7. The van der Waals surface area contributed by atoms with E-state index < -0.39 is 10.8 Å². The van der Waals surface area contributed by atoms with Crippen LogP contribution >= 0.6 is 15.9 Å². The first-order valence-corrected chi connectivity index (χ1v) is 11.1. The number of halogens is 1. The molecule has 3 nitrogen and oxygen atoms in total. The largest absolute Gasteiger partial charge is 0.247 e. The minimum atomic E-state index is -1.26. The van der Waals surface area contributed by atoms with E-state index >= 15 is 0 Å². The second-order valence-corrected chi connectivity index (χ2v) is 9.76. The zero-order valence-corrected chi connectivity index (χ0v) is 17.5. The van der Waals surface area contributed by atoms with Crippen LogP contribution in [0.25, 0.3) is 49.7 Å². The van der Waals surface area contributed by atoms with E-state index in [9.17, 15) is 4.21 Å². The summed E-state index contributed by atoms with van der Waals surface area (Å²) in [7, 11) is -1.26. The molecule has 0 fully saturated rings. The topological polar surface area (TPSA) is 42.9 Å². The van der Waals surface area contributed by atoms with Gasteiger partial charge in [0.15, 0.2) is 5.03 Å². The molecule has 0 N–H and O–H groups in total. The fraction of sp³-hybridized carbons (Fsp3) is 0. The molecule has 5 aromatic rings. The maximum absolute atomic E-state index is 12.2. The third-order valence-corrected chi connectivity index (χ3v) is 7.66. The molecule has 1 atom stereocenters. The molecule has 1 aromatic heterocycles. The monoisotopic (exact) mass is 456 g/mol. The highest BCUT2D eigenvalue weighted by Crippen LogP contribution is 2.37. The van der Waals surface area contributed by atoms with Gasteiger partial charge in [-0.1, -0.05) is 60.7 Å². The van der Waals surface area contributed by atoms with Gasteiger partial charge in [-0.25, -0.2) is 14.2 Å². The van der Waals surface area contributed by atoms with E-state index in [2.05, 4.69) is 87.6 Å². The Hall–Kier alpha value is -2.89. The summed E-state index contributed by atoms with van der Waals surface area (Å²) in [4.78, 5) is 9.13. The highest BCUT2D eigenvalue weighted by molar-refractivity contribution is 9.13. The van der Waals surface area contributed by atoms with Gasteiger partial charge < -0.3 is 0 Å². The summed E-state index contributed by atoms with van der Waals surface area (Å²) >= 11 is 3.33. The molecule has 1 unspecified atom stereocenters. The average Bonchev–Trinajstić information content (AvgIpc) is 3.06. The first-order chi connectivity index (χ1) is 14.2. The number of hydrogen-bond acceptors (Lipinski definition) is 3. The van der Waals surface area contributed by atoms with E-state index in [1.54, 1.807) is 12.3 Å². The molecule has 29 heavy (non-hydrogen) atoms. The van der Waals surface area contributed by atoms with E-state index in [4.69, 9.17) is 4.98 Å². The van der Waals surface area contributed by atoms with Gasteiger partial charge >= 0.3 is 0 Å². The maximum atomic E-state index is 12.2. The lowest BCUT2D eigenvalue weighted by atomic mass is 9.93. The van der Waals surface area contributed by atoms with Crippen molar-refractivity contribution in [1.29, 1.82) is 0 Å². The quantitative estimate of drug-likeness (QED) is 0.273. The Labute approximate surface area is 177 Å². The van der Waals surface area contributed by atoms with Crippen LogP contribution in [0.4, 0.5) is 0 Å². The van der Waals surface area contributed by atoms with Crippen LogP contribution < -0.4 is 0 Å². The van der Waals surface area contributed by atoms with Crippen LogP contribution in [0.2, 0.25) is 0 Å². The van der Waals surface area contributed by atoms with Crippen molar-refractivity contribution in [2.45, 2.75) is 5.03 Å². The molecule has 4 aromatic carbocycles. The standard InChI is InChI=1S/C24H13BrN2OS/c25-23-12-21-24(29(23)28)26-13-22(27-21)14-9-10-19-17-7-2-1-5-15(17)16-6-3-4-8-18(16)20(19)11-14/h1-13H. The molecule has 1 aliphatic heterocycles. The van der Waals surface area contributed by atoms with Crippen LogP contribution in [-0.4, -0.2) is 14.2 Å². The molecule has 0 radical (unpaired) electrons. The Morgan fingerprint density at radius 1 is 0.759 bits per heavy atom. The summed E-state index contributed by atoms with van der Waals surface area (Å²) < 4.78 is 12.8. The lowest BCUT2D eigenvalue weighted by Crippen LogP contribution is -1.96. The molecule has 0 saturated heterocycles. The summed E-state index contributed by atoms with van der Waals surface area (Å²) in [5, 5.41) is 7.90. The van der Waals surface area contributed by atoms with Crippen molar-refractivity contribution in [3.05, 3.63) is 82.4 Å². The zero-order chi connectivity index (χ0) is 19.5. The second-order valence-electron chi connectivity index (χ2n) is 7.01. The lowest BCUT2D eigenvalue weighted by Gasteiger charge is -2.11. The molecule has 5 heteroatoms. The van der Waals surface area contributed by atoms with Gasteiger partial charge in [0, 0.05) is 5.56 Å². The summed E-state index contributed by atoms with van der Waals surface area (Å²) in [6.07, 6.45) is 3.49. The van der Waals surface area contributed by atoms with Gasteiger partial charge in [-0.2, -0.15) is 0 Å². The van der Waals surface area contributed by atoms with Gasteiger partial charge in [-0.05, 0) is 60.4 Å². The third-order valence-electron chi connectivity index (χ3n) is 5.41. The van der Waals surface area contributed by atoms with Gasteiger partial charge in [0.05, 0.1) is 15.7 Å². The molecule has 0 bridgehead atoms. The number of hydrogen-bond donors (Lipinski definition) is 0. The van der Waals surface area contributed by atoms with Crippen molar-refractivity contribution < 1.29 is 4.21 Å². The van der Waals surface area contributed by atoms with Crippen LogP contribution in [0, 0.1) is 0 Å². The van der Waals surface area contributed by atoms with Crippen molar-refractivity contribution in [1.82, 2.24) is 9.97 Å². The van der Waals surface area contributed by atoms with Crippen LogP contribution in [0.1, 0.15) is 5.69 Å².